The van der Waals surface area contributed by atoms with E-state index < -0.39 is 5.66 Å². The van der Waals surface area contributed by atoms with Gasteiger partial charge in [-0.05, 0) is 5.56 Å². The van der Waals surface area contributed by atoms with E-state index in [4.69, 9.17) is 0 Å². The average Bonchev–Trinajstić information content (AvgIpc) is 2.30. The van der Waals surface area contributed by atoms with Gasteiger partial charge in [0.2, 0.25) is 17.8 Å². The molecule has 0 atom stereocenters. The molecule has 1 aliphatic carbocycles. The predicted molar refractivity (Wildman–Crippen MR) is 58.0 cm³/mol. The maximum atomic E-state index is 10.5. The first-order valence-corrected chi connectivity index (χ1v) is 4.76. The fourth-order valence-corrected chi connectivity index (χ4v) is 1.85. The van der Waals surface area contributed by atoms with E-state index in [1.54, 1.807) is 6.07 Å². The van der Waals surface area contributed by atoms with Gasteiger partial charge in [0.05, 0.1) is 0 Å². The van der Waals surface area contributed by atoms with Gasteiger partial charge in [0.25, 0.3) is 0 Å². The van der Waals surface area contributed by atoms with Crippen LogP contribution < -0.4 is 0 Å². The van der Waals surface area contributed by atoms with Crippen LogP contribution in [0.25, 0.3) is 6.08 Å². The molecule has 78 valence electrons. The Kier molecular flexibility index (Phi) is 2.61. The summed E-state index contributed by atoms with van der Waals surface area (Å²) in [6.07, 6.45) is 7.05. The normalized spacial score (nSPS) is 21.5. The zero-order chi connectivity index (χ0) is 11.4. The molecule has 0 amide bonds. The molecular weight excluding hydrogens is 204 g/mol. The molecule has 0 fully saturated rings. The highest BCUT2D eigenvalue weighted by molar-refractivity contribution is 5.60. The highest BCUT2D eigenvalue weighted by atomic mass is 16.1. The summed E-state index contributed by atoms with van der Waals surface area (Å²) in [5, 5.41) is 0. The van der Waals surface area contributed by atoms with Crippen molar-refractivity contribution in [2.45, 2.75) is 12.1 Å². The minimum Gasteiger partial charge on any atom is -0.211 e. The maximum absolute atomic E-state index is 10.5. The van der Waals surface area contributed by atoms with Crippen molar-refractivity contribution in [1.29, 1.82) is 0 Å². The van der Waals surface area contributed by atoms with E-state index in [-0.39, 0.29) is 0 Å². The molecule has 0 aliphatic heterocycles. The lowest BCUT2D eigenvalue weighted by Crippen LogP contribution is -2.23. The van der Waals surface area contributed by atoms with Crippen molar-refractivity contribution < 1.29 is 9.59 Å². The Balaban J connectivity index is 2.70. The van der Waals surface area contributed by atoms with Gasteiger partial charge >= 0.3 is 0 Å². The highest BCUT2D eigenvalue weighted by Crippen LogP contribution is 2.37. The Morgan fingerprint density at radius 3 is 2.50 bits per heavy atom. The first kappa shape index (κ1) is 10.2. The summed E-state index contributed by atoms with van der Waals surface area (Å²) in [4.78, 5) is 28.2. The minimum atomic E-state index is -1.17. The van der Waals surface area contributed by atoms with Gasteiger partial charge < -0.3 is 0 Å². The van der Waals surface area contributed by atoms with E-state index in [0.29, 0.717) is 6.42 Å². The van der Waals surface area contributed by atoms with Crippen LogP contribution >= 0.6 is 0 Å². The zero-order valence-corrected chi connectivity index (χ0v) is 8.38. The molecule has 4 heteroatoms. The molecular formula is C12H8N2O2. The molecule has 16 heavy (non-hydrogen) atoms. The van der Waals surface area contributed by atoms with Crippen LogP contribution in [-0.4, -0.2) is 12.2 Å². The quantitative estimate of drug-likeness (QED) is 0.555. The fourth-order valence-electron chi connectivity index (χ4n) is 1.85. The monoisotopic (exact) mass is 212 g/mol. The predicted octanol–water partition coefficient (Wildman–Crippen LogP) is 1.93. The second-order valence-electron chi connectivity index (χ2n) is 3.42. The number of rotatable bonds is 2. The molecule has 0 aromatic heterocycles. The number of isocyanates is 2. The van der Waals surface area contributed by atoms with Gasteiger partial charge in [-0.15, -0.1) is 0 Å². The second kappa shape index (κ2) is 4.07. The van der Waals surface area contributed by atoms with E-state index in [1.165, 1.54) is 12.2 Å². The Hall–Kier alpha value is -2.28. The van der Waals surface area contributed by atoms with E-state index >= 15 is 0 Å². The fraction of sp³-hybridized carbons (Fsp3) is 0.167. The highest BCUT2D eigenvalue weighted by Gasteiger charge is 2.34. The van der Waals surface area contributed by atoms with E-state index in [0.717, 1.165) is 11.1 Å². The molecule has 1 aromatic rings. The lowest BCUT2D eigenvalue weighted by atomic mass is 9.88. The molecule has 1 aliphatic rings. The lowest BCUT2D eigenvalue weighted by molar-refractivity contribution is 0.455. The zero-order valence-electron chi connectivity index (χ0n) is 8.38. The van der Waals surface area contributed by atoms with Gasteiger partial charge in [-0.3, -0.25) is 0 Å². The number of aliphatic imine (C=N–C) groups is 2. The third kappa shape index (κ3) is 1.52. The van der Waals surface area contributed by atoms with Crippen LogP contribution in [-0.2, 0) is 15.3 Å². The summed E-state index contributed by atoms with van der Waals surface area (Å²) in [6.45, 7) is 0. The van der Waals surface area contributed by atoms with Gasteiger partial charge in [0.15, 0.2) is 0 Å². The molecule has 0 unspecified atom stereocenters. The first-order chi connectivity index (χ1) is 7.82. The summed E-state index contributed by atoms with van der Waals surface area (Å²) < 4.78 is 0. The number of hydrogen-bond donors (Lipinski definition) is 0. The summed E-state index contributed by atoms with van der Waals surface area (Å²) >= 11 is 0. The van der Waals surface area contributed by atoms with Crippen LogP contribution in [0.5, 0.6) is 0 Å². The van der Waals surface area contributed by atoms with Crippen LogP contribution in [0.3, 0.4) is 0 Å². The van der Waals surface area contributed by atoms with Gasteiger partial charge in [-0.1, -0.05) is 36.4 Å². The summed E-state index contributed by atoms with van der Waals surface area (Å²) in [5.41, 5.74) is 0.449. The van der Waals surface area contributed by atoms with Crippen molar-refractivity contribution in [1.82, 2.24) is 0 Å². The molecule has 0 N–H and O–H groups in total. The van der Waals surface area contributed by atoms with Crippen molar-refractivity contribution in [3.8, 4) is 0 Å². The van der Waals surface area contributed by atoms with Crippen LogP contribution in [0.2, 0.25) is 0 Å². The van der Waals surface area contributed by atoms with Crippen LogP contribution in [0.15, 0.2) is 40.3 Å². The molecule has 0 spiro atoms. The maximum Gasteiger partial charge on any atom is 0.237 e. The summed E-state index contributed by atoms with van der Waals surface area (Å²) in [5.74, 6) is 0. The number of benzene rings is 1. The average molecular weight is 212 g/mol. The Bertz CT molecular complexity index is 518. The molecule has 4 nitrogen and oxygen atoms in total. The molecule has 0 saturated heterocycles. The van der Waals surface area contributed by atoms with Crippen molar-refractivity contribution in [3.05, 3.63) is 41.5 Å². The lowest BCUT2D eigenvalue weighted by Gasteiger charge is -2.25. The Morgan fingerprint density at radius 1 is 1.12 bits per heavy atom. The van der Waals surface area contributed by atoms with Gasteiger partial charge in [0, 0.05) is 12.0 Å². The van der Waals surface area contributed by atoms with Crippen LogP contribution in [0.1, 0.15) is 17.5 Å². The molecule has 0 bridgehead atoms. The first-order valence-electron chi connectivity index (χ1n) is 4.76. The Morgan fingerprint density at radius 2 is 1.81 bits per heavy atom. The summed E-state index contributed by atoms with van der Waals surface area (Å²) in [7, 11) is 0. The van der Waals surface area contributed by atoms with Gasteiger partial charge in [0.1, 0.15) is 0 Å². The van der Waals surface area contributed by atoms with Crippen molar-refractivity contribution >= 4 is 18.2 Å². The van der Waals surface area contributed by atoms with Gasteiger partial charge in [-0.2, -0.15) is 9.98 Å². The molecule has 0 radical (unpaired) electrons. The van der Waals surface area contributed by atoms with E-state index in [9.17, 15) is 9.59 Å². The van der Waals surface area contributed by atoms with Crippen molar-refractivity contribution in [2.75, 3.05) is 0 Å². The molecule has 0 saturated carbocycles. The number of nitrogens with zero attached hydrogens (tertiary/aromatic N) is 2. The Labute approximate surface area is 92.0 Å². The SMILES string of the molecule is O=C=NC1(N=C=O)CC=Cc2ccccc21. The molecule has 1 aromatic carbocycles. The van der Waals surface area contributed by atoms with E-state index in [1.807, 2.05) is 30.4 Å². The molecule has 0 heterocycles. The number of carbonyl (C=O) groups excluding carboxylic acids is 2. The standard InChI is InChI=1S/C12H8N2O2/c15-8-13-12(14-9-16)7-3-5-10-4-1-2-6-11(10)12/h1-6H,7H2. The summed E-state index contributed by atoms with van der Waals surface area (Å²) in [6, 6.07) is 7.35. The van der Waals surface area contributed by atoms with Crippen LogP contribution in [0, 0.1) is 0 Å². The van der Waals surface area contributed by atoms with Crippen LogP contribution in [0.4, 0.5) is 0 Å². The molecule has 2 rings (SSSR count). The van der Waals surface area contributed by atoms with Crippen molar-refractivity contribution in [3.63, 3.8) is 0 Å². The third-order valence-electron chi connectivity index (χ3n) is 2.55. The van der Waals surface area contributed by atoms with E-state index in [2.05, 4.69) is 9.98 Å². The third-order valence-corrected chi connectivity index (χ3v) is 2.55. The minimum absolute atomic E-state index is 0.370. The largest absolute Gasteiger partial charge is 0.237 e. The van der Waals surface area contributed by atoms with Crippen molar-refractivity contribution in [2.24, 2.45) is 9.98 Å². The number of hydrogen-bond acceptors (Lipinski definition) is 4. The second-order valence-corrected chi connectivity index (χ2v) is 3.42. The van der Waals surface area contributed by atoms with Gasteiger partial charge in [-0.25, -0.2) is 9.59 Å². The number of fused-ring (bicyclic) bond motifs is 1. The topological polar surface area (TPSA) is 58.9 Å². The smallest absolute Gasteiger partial charge is 0.211 e.